The van der Waals surface area contributed by atoms with Crippen LogP contribution in [0.3, 0.4) is 0 Å². The number of rotatable bonds is 7. The van der Waals surface area contributed by atoms with Crippen LogP contribution in [0.4, 0.5) is 0 Å². The zero-order valence-electron chi connectivity index (χ0n) is 26.9. The molecule has 6 rings (SSSR count). The second-order valence-electron chi connectivity index (χ2n) is 13.9. The van der Waals surface area contributed by atoms with Crippen molar-refractivity contribution in [1.29, 1.82) is 0 Å². The smallest absolute Gasteiger partial charge is 0.242 e. The molecule has 0 aliphatic rings. The number of fused-ring (bicyclic) bond motifs is 2. The zero-order chi connectivity index (χ0) is 31.3. The van der Waals surface area contributed by atoms with Gasteiger partial charge in [-0.2, -0.15) is 0 Å². The first-order chi connectivity index (χ1) is 20.9. The summed E-state index contributed by atoms with van der Waals surface area (Å²) in [6.07, 6.45) is 0. The fourth-order valence-electron chi connectivity index (χ4n) is 6.54. The molecule has 0 spiro atoms. The Balaban J connectivity index is 1.79. The number of hydrogen-bond donors (Lipinski definition) is 1. The molecule has 2 nitrogen and oxygen atoms in total. The van der Waals surface area contributed by atoms with Crippen LogP contribution >= 0.6 is 0 Å². The molecule has 0 aromatic heterocycles. The lowest BCUT2D eigenvalue weighted by Gasteiger charge is -2.33. The summed E-state index contributed by atoms with van der Waals surface area (Å²) in [6, 6.07) is 43.4. The first-order valence-electron chi connectivity index (χ1n) is 15.5. The van der Waals surface area contributed by atoms with E-state index in [-0.39, 0.29) is 0 Å². The summed E-state index contributed by atoms with van der Waals surface area (Å²) < 4.78 is 7.22. The minimum atomic E-state index is -2.29. The summed E-state index contributed by atoms with van der Waals surface area (Å²) in [5.74, 6) is 1.33. The Morgan fingerprint density at radius 1 is 0.477 bits per heavy atom. The van der Waals surface area contributed by atoms with E-state index >= 15 is 0 Å². The molecule has 0 aliphatic heterocycles. The molecule has 1 N–H and O–H groups in total. The van der Waals surface area contributed by atoms with Gasteiger partial charge in [-0.05, 0) is 51.6 Å². The van der Waals surface area contributed by atoms with Crippen molar-refractivity contribution in [2.24, 2.45) is 0 Å². The van der Waals surface area contributed by atoms with Gasteiger partial charge in [0.05, 0.1) is 0 Å². The van der Waals surface area contributed by atoms with Crippen molar-refractivity contribution in [3.05, 3.63) is 121 Å². The van der Waals surface area contributed by atoms with E-state index in [9.17, 15) is 5.11 Å². The lowest BCUT2D eigenvalue weighted by atomic mass is 9.92. The minimum absolute atomic E-state index is 0.381. The van der Waals surface area contributed by atoms with Gasteiger partial charge in [0.25, 0.3) is 0 Å². The van der Waals surface area contributed by atoms with E-state index in [0.29, 0.717) is 5.75 Å². The molecular formula is C39H42O2Si3. The number of hydrogen-bond acceptors (Lipinski definition) is 2. The predicted molar refractivity (Wildman–Crippen MR) is 199 cm³/mol. The molecule has 0 unspecified atom stereocenters. The number of benzene rings is 6. The second-order valence-corrected chi connectivity index (χ2v) is 27.1. The van der Waals surface area contributed by atoms with Crippen molar-refractivity contribution < 1.29 is 9.53 Å². The van der Waals surface area contributed by atoms with E-state index in [0.717, 1.165) is 38.2 Å². The average Bonchev–Trinajstić information content (AvgIpc) is 3.01. The summed E-state index contributed by atoms with van der Waals surface area (Å²) in [7, 11) is -6.63. The maximum atomic E-state index is 12.6. The molecule has 6 aromatic rings. The third-order valence-electron chi connectivity index (χ3n) is 9.02. The van der Waals surface area contributed by atoms with E-state index in [1.54, 1.807) is 0 Å². The first kappa shape index (κ1) is 30.1. The van der Waals surface area contributed by atoms with Gasteiger partial charge < -0.3 is 9.53 Å². The van der Waals surface area contributed by atoms with Gasteiger partial charge >= 0.3 is 0 Å². The van der Waals surface area contributed by atoms with Crippen LogP contribution in [0, 0.1) is 0 Å². The standard InChI is InChI=1S/C39H42O2Si3/c1-42(2,3)41-39-35(44(6,7)31-22-12-9-13-23-31)27-29-19-15-17-25-33(29)37(39)36-32-24-16-14-18-28(32)26-34(38(36)40)43(4,5)30-20-10-8-11-21-30/h8-27,40H,1-7H3. The van der Waals surface area contributed by atoms with Gasteiger partial charge in [-0.1, -0.05) is 158 Å². The van der Waals surface area contributed by atoms with Crippen LogP contribution in [0.25, 0.3) is 32.7 Å². The Morgan fingerprint density at radius 3 is 1.39 bits per heavy atom. The molecule has 0 saturated heterocycles. The van der Waals surface area contributed by atoms with Gasteiger partial charge in [0.1, 0.15) is 27.6 Å². The van der Waals surface area contributed by atoms with Gasteiger partial charge in [0.15, 0.2) is 0 Å². The quantitative estimate of drug-likeness (QED) is 0.181. The van der Waals surface area contributed by atoms with E-state index in [1.807, 2.05) is 0 Å². The number of phenols is 1. The van der Waals surface area contributed by atoms with Gasteiger partial charge in [0.2, 0.25) is 8.32 Å². The molecule has 222 valence electrons. The van der Waals surface area contributed by atoms with E-state index in [2.05, 4.69) is 167 Å². The Kier molecular flexibility index (Phi) is 7.69. The summed E-state index contributed by atoms with van der Waals surface area (Å²) in [6.45, 7) is 16.3. The zero-order valence-corrected chi connectivity index (χ0v) is 29.9. The topological polar surface area (TPSA) is 29.5 Å². The van der Waals surface area contributed by atoms with Crippen molar-refractivity contribution in [2.45, 2.75) is 45.8 Å². The normalized spacial score (nSPS) is 12.5. The lowest BCUT2D eigenvalue weighted by Crippen LogP contribution is -2.54. The van der Waals surface area contributed by atoms with Crippen molar-refractivity contribution >= 4 is 66.8 Å². The Labute approximate surface area is 265 Å². The van der Waals surface area contributed by atoms with Gasteiger partial charge in [-0.25, -0.2) is 0 Å². The molecule has 0 bridgehead atoms. The molecule has 0 fully saturated rings. The highest BCUT2D eigenvalue weighted by Crippen LogP contribution is 2.45. The minimum Gasteiger partial charge on any atom is -0.544 e. The van der Waals surface area contributed by atoms with Gasteiger partial charge in [-0.3, -0.25) is 0 Å². The van der Waals surface area contributed by atoms with E-state index < -0.39 is 24.5 Å². The summed E-state index contributed by atoms with van der Waals surface area (Å²) in [4.78, 5) is 0. The lowest BCUT2D eigenvalue weighted by molar-refractivity contribution is 0.481. The third-order valence-corrected chi connectivity index (χ3v) is 16.8. The van der Waals surface area contributed by atoms with Crippen molar-refractivity contribution in [3.8, 4) is 22.6 Å². The van der Waals surface area contributed by atoms with Crippen molar-refractivity contribution in [1.82, 2.24) is 0 Å². The highest BCUT2D eigenvalue weighted by molar-refractivity contribution is 7.01. The fourth-order valence-corrected chi connectivity index (χ4v) is 12.6. The van der Waals surface area contributed by atoms with Crippen LogP contribution in [-0.4, -0.2) is 29.6 Å². The molecule has 5 heteroatoms. The largest absolute Gasteiger partial charge is 0.544 e. The van der Waals surface area contributed by atoms with E-state index in [1.165, 1.54) is 20.9 Å². The van der Waals surface area contributed by atoms with Crippen LogP contribution in [0.5, 0.6) is 11.5 Å². The van der Waals surface area contributed by atoms with Crippen LogP contribution in [0.15, 0.2) is 121 Å². The maximum absolute atomic E-state index is 12.6. The highest BCUT2D eigenvalue weighted by atomic mass is 28.4. The molecule has 0 atom stereocenters. The SMILES string of the molecule is C[Si](C)(C)Oc1c([Si](C)(C)c2ccccc2)cc2ccccc2c1-c1c(O)c([Si](C)(C)c2ccccc2)cc2ccccc12. The summed E-state index contributed by atoms with van der Waals surface area (Å²) in [5, 5.41) is 22.1. The molecule has 0 radical (unpaired) electrons. The van der Waals surface area contributed by atoms with E-state index in [4.69, 9.17) is 4.43 Å². The van der Waals surface area contributed by atoms with Crippen molar-refractivity contribution in [2.75, 3.05) is 0 Å². The fraction of sp³-hybridized carbons (Fsp3) is 0.179. The van der Waals surface area contributed by atoms with Crippen LogP contribution in [0.2, 0.25) is 45.8 Å². The molecular weight excluding hydrogens is 585 g/mol. The predicted octanol–water partition coefficient (Wildman–Crippen LogP) is 8.22. The average molecular weight is 627 g/mol. The molecule has 0 heterocycles. The molecule has 44 heavy (non-hydrogen) atoms. The third kappa shape index (κ3) is 5.34. The van der Waals surface area contributed by atoms with Gasteiger partial charge in [-0.15, -0.1) is 0 Å². The maximum Gasteiger partial charge on any atom is 0.242 e. The molecule has 0 saturated carbocycles. The molecule has 0 aliphatic carbocycles. The van der Waals surface area contributed by atoms with Crippen molar-refractivity contribution in [3.63, 3.8) is 0 Å². The first-order valence-corrected chi connectivity index (χ1v) is 24.9. The Bertz CT molecular complexity index is 1980. The summed E-state index contributed by atoms with van der Waals surface area (Å²) >= 11 is 0. The monoisotopic (exact) mass is 626 g/mol. The molecule has 0 amide bonds. The van der Waals surface area contributed by atoms with Crippen LogP contribution in [0.1, 0.15) is 0 Å². The number of aromatic hydroxyl groups is 1. The summed E-state index contributed by atoms with van der Waals surface area (Å²) in [5.41, 5.74) is 1.91. The van der Waals surface area contributed by atoms with Crippen LogP contribution in [-0.2, 0) is 0 Å². The Morgan fingerprint density at radius 2 is 0.886 bits per heavy atom. The number of phenolic OH excluding ortho intramolecular Hbond substituents is 1. The highest BCUT2D eigenvalue weighted by Gasteiger charge is 2.36. The molecule has 6 aromatic carbocycles. The second kappa shape index (κ2) is 11.2. The van der Waals surface area contributed by atoms with Crippen LogP contribution < -0.4 is 25.2 Å². The van der Waals surface area contributed by atoms with Gasteiger partial charge in [0, 0.05) is 11.1 Å². The Hall–Kier alpha value is -3.91.